The summed E-state index contributed by atoms with van der Waals surface area (Å²) in [5.41, 5.74) is 2.14. The predicted octanol–water partition coefficient (Wildman–Crippen LogP) is 4.70. The van der Waals surface area contributed by atoms with Gasteiger partial charge in [-0.25, -0.2) is 0 Å². The van der Waals surface area contributed by atoms with Crippen molar-refractivity contribution in [2.45, 2.75) is 39.3 Å². The van der Waals surface area contributed by atoms with Crippen molar-refractivity contribution in [2.75, 3.05) is 31.7 Å². The Labute approximate surface area is 205 Å². The van der Waals surface area contributed by atoms with Crippen molar-refractivity contribution in [2.24, 2.45) is 0 Å². The number of pyridine rings is 1. The first-order valence-corrected chi connectivity index (χ1v) is 12.2. The van der Waals surface area contributed by atoms with Gasteiger partial charge in [0, 0.05) is 35.3 Å². The minimum absolute atomic E-state index is 0.0872. The number of fused-ring (bicyclic) bond motifs is 1. The summed E-state index contributed by atoms with van der Waals surface area (Å²) in [4.78, 5) is 17.9. The van der Waals surface area contributed by atoms with E-state index in [0.717, 1.165) is 47.5 Å². The Morgan fingerprint density at radius 2 is 1.85 bits per heavy atom. The molecule has 1 unspecified atom stereocenters. The van der Waals surface area contributed by atoms with Crippen LogP contribution in [0.4, 0.5) is 5.69 Å². The van der Waals surface area contributed by atoms with Gasteiger partial charge in [-0.15, -0.1) is 0 Å². The highest BCUT2D eigenvalue weighted by Crippen LogP contribution is 2.21. The van der Waals surface area contributed by atoms with E-state index in [1.54, 1.807) is 0 Å². The second-order valence-electron chi connectivity index (χ2n) is 8.21. The molecule has 0 amide bonds. The second-order valence-corrected chi connectivity index (χ2v) is 8.60. The summed E-state index contributed by atoms with van der Waals surface area (Å²) in [6.45, 7) is 6.84. The summed E-state index contributed by atoms with van der Waals surface area (Å²) in [6, 6.07) is 15.3. The van der Waals surface area contributed by atoms with Crippen LogP contribution in [0.1, 0.15) is 32.3 Å². The predicted molar refractivity (Wildman–Crippen MR) is 139 cm³/mol. The summed E-state index contributed by atoms with van der Waals surface area (Å²) in [7, 11) is 0. The van der Waals surface area contributed by atoms with Crippen LogP contribution >= 0.6 is 12.2 Å². The number of thiocarbonyl (C=S) groups is 1. The Morgan fingerprint density at radius 1 is 1.12 bits per heavy atom. The van der Waals surface area contributed by atoms with E-state index in [9.17, 15) is 4.79 Å². The number of hydrogen-bond acceptors (Lipinski definition) is 5. The van der Waals surface area contributed by atoms with Crippen LogP contribution in [0.15, 0.2) is 53.3 Å². The molecule has 1 aliphatic heterocycles. The fourth-order valence-corrected chi connectivity index (χ4v) is 4.32. The Kier molecular flexibility index (Phi) is 8.03. The summed E-state index contributed by atoms with van der Waals surface area (Å²) >= 11 is 5.77. The number of hydrogen-bond donors (Lipinski definition) is 2. The summed E-state index contributed by atoms with van der Waals surface area (Å²) in [6.07, 6.45) is 2.10. The minimum atomic E-state index is -0.127. The third-order valence-corrected chi connectivity index (χ3v) is 6.08. The number of rotatable bonds is 9. The molecule has 0 bridgehead atoms. The Bertz CT molecular complexity index is 1170. The average Bonchev–Trinajstić information content (AvgIpc) is 3.34. The maximum atomic E-state index is 12.9. The van der Waals surface area contributed by atoms with Gasteiger partial charge in [0.2, 0.25) is 0 Å². The van der Waals surface area contributed by atoms with Crippen molar-refractivity contribution in [1.82, 2.24) is 9.88 Å². The van der Waals surface area contributed by atoms with Crippen molar-refractivity contribution in [3.8, 4) is 11.5 Å². The normalized spacial score (nSPS) is 15.3. The van der Waals surface area contributed by atoms with E-state index < -0.39 is 0 Å². The number of aromatic amines is 1. The zero-order chi connectivity index (χ0) is 23.9. The van der Waals surface area contributed by atoms with E-state index >= 15 is 0 Å². The Morgan fingerprint density at radius 3 is 2.56 bits per heavy atom. The number of nitrogens with one attached hydrogen (secondary N) is 2. The van der Waals surface area contributed by atoms with Gasteiger partial charge in [-0.2, -0.15) is 0 Å². The van der Waals surface area contributed by atoms with Crippen LogP contribution < -0.4 is 20.3 Å². The molecule has 34 heavy (non-hydrogen) atoms. The average molecular weight is 482 g/mol. The molecule has 4 rings (SSSR count). The molecular formula is C26H31N3O4S. The van der Waals surface area contributed by atoms with Crippen LogP contribution in [0.3, 0.4) is 0 Å². The molecule has 0 radical (unpaired) electrons. The number of aromatic nitrogens is 1. The van der Waals surface area contributed by atoms with Gasteiger partial charge in [0.25, 0.3) is 5.56 Å². The van der Waals surface area contributed by atoms with Gasteiger partial charge >= 0.3 is 0 Å². The molecule has 1 atom stereocenters. The van der Waals surface area contributed by atoms with E-state index in [2.05, 4.69) is 10.3 Å². The second kappa shape index (κ2) is 11.4. The first kappa shape index (κ1) is 24.0. The van der Waals surface area contributed by atoms with Crippen molar-refractivity contribution in [3.05, 3.63) is 64.4 Å². The molecule has 2 aromatic carbocycles. The van der Waals surface area contributed by atoms with E-state index in [1.165, 1.54) is 0 Å². The van der Waals surface area contributed by atoms with Crippen molar-refractivity contribution >= 4 is 33.9 Å². The zero-order valence-corrected chi connectivity index (χ0v) is 20.5. The molecule has 0 spiro atoms. The third-order valence-electron chi connectivity index (χ3n) is 5.72. The molecule has 1 fully saturated rings. The Hall–Kier alpha value is -3.10. The zero-order valence-electron chi connectivity index (χ0n) is 19.6. The molecule has 2 N–H and O–H groups in total. The number of ether oxygens (including phenoxy) is 3. The molecule has 3 aromatic rings. The van der Waals surface area contributed by atoms with E-state index in [4.69, 9.17) is 26.4 Å². The van der Waals surface area contributed by atoms with Crippen LogP contribution in [0.25, 0.3) is 10.9 Å². The highest BCUT2D eigenvalue weighted by atomic mass is 32.1. The van der Waals surface area contributed by atoms with Crippen LogP contribution in [0.5, 0.6) is 11.5 Å². The molecule has 1 aromatic heterocycles. The first-order chi connectivity index (χ1) is 16.6. The standard InChI is InChI=1S/C26H31N3O4S/c1-3-31-21-9-7-20(8-10-21)27-26(34)29(17-23-6-5-13-33-23)16-19-14-18-15-22(32-4-2)11-12-24(18)28-25(19)30/h7-12,14-15,23H,3-6,13,16-17H2,1-2H3,(H,27,34)(H,28,30). The van der Waals surface area contributed by atoms with Gasteiger partial charge in [-0.05, 0) is 87.4 Å². The first-order valence-electron chi connectivity index (χ1n) is 11.7. The molecule has 0 aliphatic carbocycles. The molecular weight excluding hydrogens is 450 g/mol. The molecule has 8 heteroatoms. The lowest BCUT2D eigenvalue weighted by Crippen LogP contribution is -2.40. The fraction of sp³-hybridized carbons (Fsp3) is 0.385. The molecule has 1 aliphatic rings. The monoisotopic (exact) mass is 481 g/mol. The number of anilines is 1. The molecule has 1 saturated heterocycles. The fourth-order valence-electron chi connectivity index (χ4n) is 4.07. The van der Waals surface area contributed by atoms with Gasteiger partial charge in [0.15, 0.2) is 5.11 Å². The topological polar surface area (TPSA) is 75.8 Å². The third kappa shape index (κ3) is 6.07. The highest BCUT2D eigenvalue weighted by molar-refractivity contribution is 7.80. The number of benzene rings is 2. The van der Waals surface area contributed by atoms with Crippen molar-refractivity contribution in [3.63, 3.8) is 0 Å². The maximum absolute atomic E-state index is 12.9. The van der Waals surface area contributed by atoms with E-state index in [-0.39, 0.29) is 11.7 Å². The molecule has 0 saturated carbocycles. The smallest absolute Gasteiger partial charge is 0.253 e. The van der Waals surface area contributed by atoms with Crippen LogP contribution in [-0.2, 0) is 11.3 Å². The van der Waals surface area contributed by atoms with Gasteiger partial charge < -0.3 is 29.4 Å². The molecule has 7 nitrogen and oxygen atoms in total. The van der Waals surface area contributed by atoms with Crippen LogP contribution in [0.2, 0.25) is 0 Å². The lowest BCUT2D eigenvalue weighted by molar-refractivity contribution is 0.0904. The quantitative estimate of drug-likeness (QED) is 0.429. The number of nitrogens with zero attached hydrogens (tertiary/aromatic N) is 1. The summed E-state index contributed by atoms with van der Waals surface area (Å²) in [5.74, 6) is 1.58. The Balaban J connectivity index is 1.56. The molecule has 180 valence electrons. The van der Waals surface area contributed by atoms with Crippen LogP contribution in [0, 0.1) is 0 Å². The highest BCUT2D eigenvalue weighted by Gasteiger charge is 2.22. The van der Waals surface area contributed by atoms with E-state index in [1.807, 2.05) is 67.3 Å². The van der Waals surface area contributed by atoms with Gasteiger partial charge in [0.05, 0.1) is 25.9 Å². The summed E-state index contributed by atoms with van der Waals surface area (Å²) in [5, 5.41) is 4.77. The van der Waals surface area contributed by atoms with E-state index in [0.29, 0.717) is 37.0 Å². The lowest BCUT2D eigenvalue weighted by Gasteiger charge is -2.28. The van der Waals surface area contributed by atoms with Gasteiger partial charge in [0.1, 0.15) is 11.5 Å². The van der Waals surface area contributed by atoms with Gasteiger partial charge in [-0.3, -0.25) is 4.79 Å². The SMILES string of the molecule is CCOc1ccc(NC(=S)N(Cc2cc3cc(OCC)ccc3[nH]c2=O)CC2CCCO2)cc1. The van der Waals surface area contributed by atoms with Gasteiger partial charge in [-0.1, -0.05) is 0 Å². The molecule has 2 heterocycles. The maximum Gasteiger partial charge on any atom is 0.253 e. The minimum Gasteiger partial charge on any atom is -0.494 e. The summed E-state index contributed by atoms with van der Waals surface area (Å²) < 4.78 is 17.0. The largest absolute Gasteiger partial charge is 0.494 e. The van der Waals surface area contributed by atoms with Crippen LogP contribution in [-0.4, -0.2) is 47.5 Å². The lowest BCUT2D eigenvalue weighted by atomic mass is 10.1. The number of H-pyrrole nitrogens is 1. The van der Waals surface area contributed by atoms with Crippen molar-refractivity contribution in [1.29, 1.82) is 0 Å². The van der Waals surface area contributed by atoms with Crippen molar-refractivity contribution < 1.29 is 14.2 Å².